The normalized spacial score (nSPS) is 25.1. The van der Waals surface area contributed by atoms with E-state index in [9.17, 15) is 8.78 Å². The van der Waals surface area contributed by atoms with E-state index in [1.165, 1.54) is 6.07 Å². The summed E-state index contributed by atoms with van der Waals surface area (Å²) in [5, 5.41) is 0. The highest BCUT2D eigenvalue weighted by Gasteiger charge is 2.37. The first-order chi connectivity index (χ1) is 9.62. The van der Waals surface area contributed by atoms with E-state index in [4.69, 9.17) is 15.2 Å². The molecule has 1 aromatic carbocycles. The second-order valence-electron chi connectivity index (χ2n) is 4.90. The van der Waals surface area contributed by atoms with Crippen molar-refractivity contribution in [1.29, 1.82) is 0 Å². The van der Waals surface area contributed by atoms with E-state index in [-0.39, 0.29) is 30.4 Å². The maximum absolute atomic E-state index is 13.9. The van der Waals surface area contributed by atoms with E-state index >= 15 is 0 Å². The van der Waals surface area contributed by atoms with Gasteiger partial charge in [-0.1, -0.05) is 12.1 Å². The van der Waals surface area contributed by atoms with E-state index in [1.54, 1.807) is 20.3 Å². The van der Waals surface area contributed by atoms with Crippen molar-refractivity contribution in [1.82, 2.24) is 4.90 Å². The van der Waals surface area contributed by atoms with E-state index in [1.807, 2.05) is 4.90 Å². The number of methoxy groups -OCH3 is 2. The number of hydrogen-bond donors (Lipinski definition) is 1. The molecular weight excluding hydrogens is 266 g/mol. The number of likely N-dealkylation sites (tertiary alicyclic amines) is 1. The summed E-state index contributed by atoms with van der Waals surface area (Å²) < 4.78 is 38.0. The first-order valence-electron chi connectivity index (χ1n) is 6.56. The Hall–Kier alpha value is -1.08. The average molecular weight is 286 g/mol. The molecule has 2 N–H and O–H groups in total. The minimum Gasteiger partial charge on any atom is -0.377 e. The second-order valence-corrected chi connectivity index (χ2v) is 4.90. The lowest BCUT2D eigenvalue weighted by Gasteiger charge is -2.27. The molecule has 1 aliphatic heterocycles. The number of nitrogens with two attached hydrogens (primary N) is 1. The van der Waals surface area contributed by atoms with Crippen molar-refractivity contribution in [2.24, 2.45) is 5.73 Å². The van der Waals surface area contributed by atoms with Crippen LogP contribution < -0.4 is 5.73 Å². The molecule has 0 aromatic heterocycles. The van der Waals surface area contributed by atoms with Crippen LogP contribution >= 0.6 is 0 Å². The summed E-state index contributed by atoms with van der Waals surface area (Å²) >= 11 is 0. The van der Waals surface area contributed by atoms with Crippen molar-refractivity contribution < 1.29 is 18.3 Å². The molecule has 0 bridgehead atoms. The Morgan fingerprint density at radius 1 is 1.25 bits per heavy atom. The zero-order valence-electron chi connectivity index (χ0n) is 11.7. The topological polar surface area (TPSA) is 47.7 Å². The molecule has 1 heterocycles. The molecule has 20 heavy (non-hydrogen) atoms. The zero-order valence-corrected chi connectivity index (χ0v) is 11.7. The van der Waals surface area contributed by atoms with Crippen molar-refractivity contribution in [2.75, 3.05) is 33.9 Å². The molecule has 1 aliphatic rings. The highest BCUT2D eigenvalue weighted by molar-refractivity contribution is 5.23. The van der Waals surface area contributed by atoms with Crippen LogP contribution in [0.2, 0.25) is 0 Å². The Morgan fingerprint density at radius 3 is 2.35 bits per heavy atom. The quantitative estimate of drug-likeness (QED) is 0.886. The minimum absolute atomic E-state index is 0.0920. The predicted molar refractivity (Wildman–Crippen MR) is 71.3 cm³/mol. The molecule has 1 fully saturated rings. The highest BCUT2D eigenvalue weighted by Crippen LogP contribution is 2.29. The Kier molecular flexibility index (Phi) is 5.04. The third-order valence-electron chi connectivity index (χ3n) is 3.85. The third kappa shape index (κ3) is 2.83. The summed E-state index contributed by atoms with van der Waals surface area (Å²) in [6.45, 7) is 1.35. The van der Waals surface area contributed by atoms with Gasteiger partial charge in [-0.05, 0) is 6.07 Å². The molecule has 6 heteroatoms. The number of halogens is 2. The molecule has 0 aliphatic carbocycles. The van der Waals surface area contributed by atoms with Crippen molar-refractivity contribution in [2.45, 2.75) is 18.2 Å². The molecule has 0 spiro atoms. The minimum atomic E-state index is -0.855. The standard InChI is InChI=1S/C14H20F2N2O2/c1-19-12-7-18(8-13(12)20-2)11(6-17)9-4-3-5-10(15)14(9)16/h3-5,11-13H,6-8,17H2,1-2H3. The van der Waals surface area contributed by atoms with Gasteiger partial charge in [0.1, 0.15) is 0 Å². The van der Waals surface area contributed by atoms with Crippen molar-refractivity contribution in [3.63, 3.8) is 0 Å². The molecule has 0 saturated carbocycles. The number of rotatable bonds is 5. The summed E-state index contributed by atoms with van der Waals surface area (Å²) in [7, 11) is 3.22. The maximum Gasteiger partial charge on any atom is 0.163 e. The van der Waals surface area contributed by atoms with Crippen LogP contribution in [0.5, 0.6) is 0 Å². The fourth-order valence-electron chi connectivity index (χ4n) is 2.73. The van der Waals surface area contributed by atoms with E-state index in [0.717, 1.165) is 6.07 Å². The molecule has 1 aromatic rings. The molecule has 0 amide bonds. The van der Waals surface area contributed by atoms with Gasteiger partial charge in [0.2, 0.25) is 0 Å². The summed E-state index contributed by atoms with van der Waals surface area (Å²) in [5.41, 5.74) is 6.04. The zero-order chi connectivity index (χ0) is 14.7. The number of nitrogens with zero attached hydrogens (tertiary/aromatic N) is 1. The third-order valence-corrected chi connectivity index (χ3v) is 3.85. The molecule has 2 rings (SSSR count). The largest absolute Gasteiger partial charge is 0.377 e. The van der Waals surface area contributed by atoms with Gasteiger partial charge in [0.05, 0.1) is 18.2 Å². The number of hydrogen-bond acceptors (Lipinski definition) is 4. The summed E-state index contributed by atoms with van der Waals surface area (Å²) in [6, 6.07) is 3.78. The first-order valence-corrected chi connectivity index (χ1v) is 6.56. The number of benzene rings is 1. The maximum atomic E-state index is 13.9. The van der Waals surface area contributed by atoms with Crippen LogP contribution in [0.1, 0.15) is 11.6 Å². The van der Waals surface area contributed by atoms with Crippen LogP contribution in [0.3, 0.4) is 0 Å². The fraction of sp³-hybridized carbons (Fsp3) is 0.571. The van der Waals surface area contributed by atoms with Crippen LogP contribution in [0, 0.1) is 11.6 Å². The Bertz CT molecular complexity index is 447. The Morgan fingerprint density at radius 2 is 1.85 bits per heavy atom. The molecule has 112 valence electrons. The van der Waals surface area contributed by atoms with Crippen LogP contribution in [-0.2, 0) is 9.47 Å². The van der Waals surface area contributed by atoms with Crippen LogP contribution in [0.25, 0.3) is 0 Å². The summed E-state index contributed by atoms with van der Waals surface area (Å²) in [5.74, 6) is -1.69. The first kappa shape index (κ1) is 15.3. The van der Waals surface area contributed by atoms with Crippen LogP contribution in [0.4, 0.5) is 8.78 Å². The van der Waals surface area contributed by atoms with Crippen molar-refractivity contribution in [3.05, 3.63) is 35.4 Å². The lowest BCUT2D eigenvalue weighted by atomic mass is 10.0. The van der Waals surface area contributed by atoms with Gasteiger partial charge < -0.3 is 15.2 Å². The molecule has 3 atom stereocenters. The summed E-state index contributed by atoms with van der Waals surface area (Å²) in [6.07, 6.45) is -0.184. The molecule has 0 radical (unpaired) electrons. The predicted octanol–water partition coefficient (Wildman–Crippen LogP) is 1.31. The van der Waals surface area contributed by atoms with Crippen molar-refractivity contribution >= 4 is 0 Å². The highest BCUT2D eigenvalue weighted by atomic mass is 19.2. The average Bonchev–Trinajstić information content (AvgIpc) is 2.87. The molecule has 1 saturated heterocycles. The van der Waals surface area contributed by atoms with Crippen molar-refractivity contribution in [3.8, 4) is 0 Å². The van der Waals surface area contributed by atoms with E-state index in [2.05, 4.69) is 0 Å². The lowest BCUT2D eigenvalue weighted by molar-refractivity contribution is -0.00461. The fourth-order valence-corrected chi connectivity index (χ4v) is 2.73. The van der Waals surface area contributed by atoms with Gasteiger partial charge in [0, 0.05) is 39.4 Å². The SMILES string of the molecule is COC1CN(C(CN)c2cccc(F)c2F)CC1OC. The van der Waals surface area contributed by atoms with Gasteiger partial charge in [0.25, 0.3) is 0 Å². The van der Waals surface area contributed by atoms with Gasteiger partial charge in [-0.15, -0.1) is 0 Å². The monoisotopic (exact) mass is 286 g/mol. The van der Waals surface area contributed by atoms with Gasteiger partial charge >= 0.3 is 0 Å². The van der Waals surface area contributed by atoms with Gasteiger partial charge in [0.15, 0.2) is 11.6 Å². The Balaban J connectivity index is 2.23. The number of ether oxygens (including phenoxy) is 2. The lowest BCUT2D eigenvalue weighted by Crippen LogP contribution is -2.34. The van der Waals surface area contributed by atoms with Gasteiger partial charge in [-0.25, -0.2) is 8.78 Å². The summed E-state index contributed by atoms with van der Waals surface area (Å²) in [4.78, 5) is 1.97. The smallest absolute Gasteiger partial charge is 0.163 e. The van der Waals surface area contributed by atoms with Gasteiger partial charge in [-0.3, -0.25) is 4.90 Å². The Labute approximate surface area is 117 Å². The van der Waals surface area contributed by atoms with Crippen LogP contribution in [0.15, 0.2) is 18.2 Å². The molecular formula is C14H20F2N2O2. The second kappa shape index (κ2) is 6.58. The van der Waals surface area contributed by atoms with E-state index in [0.29, 0.717) is 13.1 Å². The molecule has 4 nitrogen and oxygen atoms in total. The van der Waals surface area contributed by atoms with Crippen LogP contribution in [-0.4, -0.2) is 51.0 Å². The van der Waals surface area contributed by atoms with E-state index < -0.39 is 11.6 Å². The molecule has 3 unspecified atom stereocenters. The van der Waals surface area contributed by atoms with Gasteiger partial charge in [-0.2, -0.15) is 0 Å².